The van der Waals surface area contributed by atoms with Gasteiger partial charge in [0.15, 0.2) is 0 Å². The highest BCUT2D eigenvalue weighted by molar-refractivity contribution is 5.59. The third-order valence-electron chi connectivity index (χ3n) is 1.77. The quantitative estimate of drug-likeness (QED) is 0.317. The van der Waals surface area contributed by atoms with E-state index in [9.17, 15) is 9.59 Å². The van der Waals surface area contributed by atoms with Crippen molar-refractivity contribution in [3.63, 3.8) is 0 Å². The second-order valence-electron chi connectivity index (χ2n) is 2.86. The Balaban J connectivity index is 2.11. The number of ether oxygens (including phenoxy) is 3. The summed E-state index contributed by atoms with van der Waals surface area (Å²) in [5.74, 6) is 0. The molecule has 16 heavy (non-hydrogen) atoms. The van der Waals surface area contributed by atoms with Gasteiger partial charge in [-0.3, -0.25) is 4.79 Å². The molecule has 5 heteroatoms. The zero-order valence-electron chi connectivity index (χ0n) is 8.63. The Morgan fingerprint density at radius 1 is 1.19 bits per heavy atom. The van der Waals surface area contributed by atoms with Crippen molar-refractivity contribution in [1.29, 1.82) is 0 Å². The topological polar surface area (TPSA) is 61.8 Å². The van der Waals surface area contributed by atoms with Crippen molar-refractivity contribution in [1.82, 2.24) is 0 Å². The van der Waals surface area contributed by atoms with E-state index in [1.807, 2.05) is 30.3 Å². The van der Waals surface area contributed by atoms with Crippen LogP contribution in [0.3, 0.4) is 0 Å². The molecule has 0 radical (unpaired) electrons. The van der Waals surface area contributed by atoms with E-state index in [-0.39, 0.29) is 13.1 Å². The van der Waals surface area contributed by atoms with Gasteiger partial charge in [-0.15, -0.1) is 0 Å². The zero-order chi connectivity index (χ0) is 11.6. The van der Waals surface area contributed by atoms with Crippen molar-refractivity contribution in [3.05, 3.63) is 35.9 Å². The molecule has 0 amide bonds. The maximum absolute atomic E-state index is 10.9. The number of carbonyl (C=O) groups excluding carboxylic acids is 2. The van der Waals surface area contributed by atoms with Gasteiger partial charge >= 0.3 is 6.16 Å². The zero-order valence-corrected chi connectivity index (χ0v) is 8.63. The smallest absolute Gasteiger partial charge is 0.434 e. The highest BCUT2D eigenvalue weighted by Crippen LogP contribution is 2.00. The molecule has 0 spiro atoms. The van der Waals surface area contributed by atoms with Gasteiger partial charge in [0, 0.05) is 6.42 Å². The monoisotopic (exact) mass is 224 g/mol. The standard InChI is InChI=1S/C11H12O5/c12-8-14-9-16-11(13)15-7-6-10-4-2-1-3-5-10/h1-5,8H,6-7,9H2. The van der Waals surface area contributed by atoms with E-state index in [2.05, 4.69) is 9.47 Å². The summed E-state index contributed by atoms with van der Waals surface area (Å²) in [6, 6.07) is 9.60. The SMILES string of the molecule is O=COCOC(=O)OCCc1ccccc1. The Labute approximate surface area is 92.9 Å². The number of hydrogen-bond acceptors (Lipinski definition) is 5. The average Bonchev–Trinajstić information content (AvgIpc) is 2.31. The average molecular weight is 224 g/mol. The molecule has 0 unspecified atom stereocenters. The second kappa shape index (κ2) is 7.28. The van der Waals surface area contributed by atoms with E-state index in [4.69, 9.17) is 4.74 Å². The summed E-state index contributed by atoms with van der Waals surface area (Å²) in [6.45, 7) is -0.00510. The number of benzene rings is 1. The largest absolute Gasteiger partial charge is 0.511 e. The van der Waals surface area contributed by atoms with Gasteiger partial charge in [0.25, 0.3) is 6.47 Å². The third kappa shape index (κ3) is 4.99. The van der Waals surface area contributed by atoms with Gasteiger partial charge in [-0.05, 0) is 5.56 Å². The highest BCUT2D eigenvalue weighted by atomic mass is 16.8. The molecule has 86 valence electrons. The summed E-state index contributed by atoms with van der Waals surface area (Å²) < 4.78 is 13.3. The Hall–Kier alpha value is -2.04. The first kappa shape index (κ1) is 12.0. The third-order valence-corrected chi connectivity index (χ3v) is 1.77. The first-order valence-electron chi connectivity index (χ1n) is 4.71. The molecule has 0 aromatic heterocycles. The fourth-order valence-electron chi connectivity index (χ4n) is 1.05. The first-order chi connectivity index (χ1) is 7.83. The molecular weight excluding hydrogens is 212 g/mol. The van der Waals surface area contributed by atoms with Crippen LogP contribution >= 0.6 is 0 Å². The van der Waals surface area contributed by atoms with Gasteiger partial charge < -0.3 is 14.2 Å². The summed E-state index contributed by atoms with van der Waals surface area (Å²) >= 11 is 0. The minimum absolute atomic E-state index is 0.192. The van der Waals surface area contributed by atoms with E-state index in [1.54, 1.807) is 0 Å². The molecule has 0 aliphatic rings. The lowest BCUT2D eigenvalue weighted by Gasteiger charge is -2.04. The van der Waals surface area contributed by atoms with Crippen LogP contribution in [0.1, 0.15) is 5.56 Å². The van der Waals surface area contributed by atoms with Crippen molar-refractivity contribution >= 4 is 12.6 Å². The predicted octanol–water partition coefficient (Wildman–Crippen LogP) is 1.51. The van der Waals surface area contributed by atoms with Crippen LogP contribution in [0.15, 0.2) is 30.3 Å². The van der Waals surface area contributed by atoms with Crippen LogP contribution in [0.4, 0.5) is 4.79 Å². The summed E-state index contributed by atoms with van der Waals surface area (Å²) in [6.07, 6.45) is -0.234. The minimum Gasteiger partial charge on any atom is -0.434 e. The van der Waals surface area contributed by atoms with Crippen molar-refractivity contribution in [3.8, 4) is 0 Å². The molecule has 0 fully saturated rings. The molecular formula is C11H12O5. The maximum atomic E-state index is 10.9. The van der Waals surface area contributed by atoms with E-state index in [0.717, 1.165) is 5.56 Å². The molecule has 0 aliphatic carbocycles. The Bertz CT molecular complexity index is 322. The summed E-state index contributed by atoms with van der Waals surface area (Å²) in [5.41, 5.74) is 1.07. The Morgan fingerprint density at radius 3 is 2.62 bits per heavy atom. The van der Waals surface area contributed by atoms with E-state index < -0.39 is 12.9 Å². The van der Waals surface area contributed by atoms with Gasteiger partial charge in [-0.2, -0.15) is 0 Å². The van der Waals surface area contributed by atoms with Crippen LogP contribution in [-0.4, -0.2) is 26.0 Å². The molecule has 0 atom stereocenters. The van der Waals surface area contributed by atoms with E-state index >= 15 is 0 Å². The molecule has 1 aromatic rings. The van der Waals surface area contributed by atoms with Crippen molar-refractivity contribution in [2.75, 3.05) is 13.4 Å². The van der Waals surface area contributed by atoms with E-state index in [0.29, 0.717) is 6.42 Å². The van der Waals surface area contributed by atoms with Crippen LogP contribution in [0.25, 0.3) is 0 Å². The molecule has 0 aliphatic heterocycles. The lowest BCUT2D eigenvalue weighted by molar-refractivity contribution is -0.137. The summed E-state index contributed by atoms with van der Waals surface area (Å²) in [7, 11) is 0. The fourth-order valence-corrected chi connectivity index (χ4v) is 1.05. The molecule has 5 nitrogen and oxygen atoms in total. The Morgan fingerprint density at radius 2 is 1.94 bits per heavy atom. The van der Waals surface area contributed by atoms with Crippen LogP contribution in [0, 0.1) is 0 Å². The van der Waals surface area contributed by atoms with Crippen molar-refractivity contribution < 1.29 is 23.8 Å². The number of carbonyl (C=O) groups is 2. The molecule has 0 saturated heterocycles. The second-order valence-corrected chi connectivity index (χ2v) is 2.86. The molecule has 0 N–H and O–H groups in total. The maximum Gasteiger partial charge on any atom is 0.511 e. The van der Waals surface area contributed by atoms with Crippen molar-refractivity contribution in [2.24, 2.45) is 0 Å². The summed E-state index contributed by atoms with van der Waals surface area (Å²) in [5, 5.41) is 0. The van der Waals surface area contributed by atoms with Gasteiger partial charge in [-0.25, -0.2) is 4.79 Å². The minimum atomic E-state index is -0.849. The lowest BCUT2D eigenvalue weighted by atomic mass is 10.2. The fraction of sp³-hybridized carbons (Fsp3) is 0.273. The lowest BCUT2D eigenvalue weighted by Crippen LogP contribution is -2.11. The van der Waals surface area contributed by atoms with Gasteiger partial charge in [0.05, 0.1) is 6.61 Å². The molecule has 0 saturated carbocycles. The summed E-state index contributed by atoms with van der Waals surface area (Å²) in [4.78, 5) is 20.6. The van der Waals surface area contributed by atoms with Crippen LogP contribution in [0.5, 0.6) is 0 Å². The molecule has 0 bridgehead atoms. The molecule has 1 rings (SSSR count). The Kier molecular flexibility index (Phi) is 5.47. The van der Waals surface area contributed by atoms with Gasteiger partial charge in [0.1, 0.15) is 0 Å². The predicted molar refractivity (Wildman–Crippen MR) is 54.6 cm³/mol. The number of hydrogen-bond donors (Lipinski definition) is 0. The van der Waals surface area contributed by atoms with Crippen molar-refractivity contribution in [2.45, 2.75) is 6.42 Å². The van der Waals surface area contributed by atoms with Crippen LogP contribution < -0.4 is 0 Å². The highest BCUT2D eigenvalue weighted by Gasteiger charge is 2.03. The molecule has 1 aromatic carbocycles. The van der Waals surface area contributed by atoms with Crippen LogP contribution in [-0.2, 0) is 25.4 Å². The van der Waals surface area contributed by atoms with E-state index in [1.165, 1.54) is 0 Å². The van der Waals surface area contributed by atoms with Gasteiger partial charge in [-0.1, -0.05) is 30.3 Å². The van der Waals surface area contributed by atoms with Gasteiger partial charge in [0.2, 0.25) is 6.79 Å². The number of rotatable bonds is 6. The first-order valence-corrected chi connectivity index (χ1v) is 4.71. The normalized spacial score (nSPS) is 9.25. The van der Waals surface area contributed by atoms with Crippen LogP contribution in [0.2, 0.25) is 0 Å². The molecule has 0 heterocycles.